The van der Waals surface area contributed by atoms with E-state index in [0.29, 0.717) is 5.95 Å². The molecule has 4 nitrogen and oxygen atoms in total. The van der Waals surface area contributed by atoms with Gasteiger partial charge in [0, 0.05) is 19.3 Å². The fourth-order valence-electron chi connectivity index (χ4n) is 2.21. The standard InChI is InChI=1S/C13H13FN4.ClH/c1-15-12-10(14)8-16-13(17-12)18-7-6-9-4-2-3-5-11(9)18;/h2-5,8H,6-7H2,1H3,(H,15,16,17);1H. The molecule has 6 heteroatoms. The average molecular weight is 281 g/mol. The minimum Gasteiger partial charge on any atom is -0.371 e. The molecule has 1 aromatic heterocycles. The maximum absolute atomic E-state index is 13.3. The molecular weight excluding hydrogens is 267 g/mol. The van der Waals surface area contributed by atoms with E-state index in [2.05, 4.69) is 21.4 Å². The molecule has 19 heavy (non-hydrogen) atoms. The first-order valence-corrected chi connectivity index (χ1v) is 5.85. The monoisotopic (exact) mass is 280 g/mol. The minimum atomic E-state index is -0.436. The van der Waals surface area contributed by atoms with Crippen molar-refractivity contribution in [2.75, 3.05) is 23.8 Å². The third-order valence-corrected chi connectivity index (χ3v) is 3.10. The molecule has 1 aliphatic rings. The number of anilines is 3. The summed E-state index contributed by atoms with van der Waals surface area (Å²) >= 11 is 0. The molecule has 0 saturated carbocycles. The lowest BCUT2D eigenvalue weighted by Crippen LogP contribution is -2.17. The van der Waals surface area contributed by atoms with Crippen LogP contribution in [0.5, 0.6) is 0 Å². The molecule has 0 amide bonds. The Morgan fingerprint density at radius 3 is 2.89 bits per heavy atom. The lowest BCUT2D eigenvalue weighted by molar-refractivity contribution is 0.617. The predicted molar refractivity (Wildman–Crippen MR) is 75.9 cm³/mol. The van der Waals surface area contributed by atoms with E-state index in [-0.39, 0.29) is 18.2 Å². The summed E-state index contributed by atoms with van der Waals surface area (Å²) in [5.41, 5.74) is 2.38. The van der Waals surface area contributed by atoms with Crippen molar-refractivity contribution in [3.63, 3.8) is 0 Å². The Labute approximate surface area is 117 Å². The van der Waals surface area contributed by atoms with Gasteiger partial charge in [0.25, 0.3) is 0 Å². The largest absolute Gasteiger partial charge is 0.371 e. The molecule has 1 aromatic carbocycles. The third-order valence-electron chi connectivity index (χ3n) is 3.10. The molecule has 0 radical (unpaired) electrons. The zero-order valence-corrected chi connectivity index (χ0v) is 11.2. The van der Waals surface area contributed by atoms with Crippen LogP contribution in [0.25, 0.3) is 0 Å². The van der Waals surface area contributed by atoms with Gasteiger partial charge in [-0.2, -0.15) is 4.98 Å². The molecule has 0 fully saturated rings. The number of halogens is 2. The summed E-state index contributed by atoms with van der Waals surface area (Å²) < 4.78 is 13.3. The van der Waals surface area contributed by atoms with Crippen molar-refractivity contribution in [1.29, 1.82) is 0 Å². The van der Waals surface area contributed by atoms with Crippen LogP contribution >= 0.6 is 12.4 Å². The van der Waals surface area contributed by atoms with Gasteiger partial charge in [0.15, 0.2) is 11.6 Å². The topological polar surface area (TPSA) is 41.1 Å². The van der Waals surface area contributed by atoms with E-state index in [4.69, 9.17) is 0 Å². The SMILES string of the molecule is CNc1nc(N2CCc3ccccc32)ncc1F.Cl. The van der Waals surface area contributed by atoms with Gasteiger partial charge in [-0.15, -0.1) is 12.4 Å². The van der Waals surface area contributed by atoms with Crippen molar-refractivity contribution >= 4 is 29.9 Å². The Kier molecular flexibility index (Phi) is 3.85. The number of nitrogens with one attached hydrogen (secondary N) is 1. The van der Waals surface area contributed by atoms with Gasteiger partial charge >= 0.3 is 0 Å². The number of hydrogen-bond donors (Lipinski definition) is 1. The summed E-state index contributed by atoms with van der Waals surface area (Å²) in [4.78, 5) is 10.3. The summed E-state index contributed by atoms with van der Waals surface area (Å²) in [6, 6.07) is 8.14. The molecule has 0 unspecified atom stereocenters. The molecule has 0 saturated heterocycles. The van der Waals surface area contributed by atoms with E-state index in [9.17, 15) is 4.39 Å². The number of fused-ring (bicyclic) bond motifs is 1. The average Bonchev–Trinajstić information content (AvgIpc) is 2.83. The van der Waals surface area contributed by atoms with Crippen molar-refractivity contribution in [3.8, 4) is 0 Å². The van der Waals surface area contributed by atoms with E-state index in [1.807, 2.05) is 23.1 Å². The number of para-hydroxylation sites is 1. The molecule has 2 aromatic rings. The second kappa shape index (κ2) is 5.40. The Balaban J connectivity index is 0.00000133. The van der Waals surface area contributed by atoms with Gasteiger partial charge in [-0.05, 0) is 18.1 Å². The van der Waals surface area contributed by atoms with Gasteiger partial charge < -0.3 is 10.2 Å². The number of hydrogen-bond acceptors (Lipinski definition) is 4. The summed E-state index contributed by atoms with van der Waals surface area (Å²) in [5, 5.41) is 2.73. The molecular formula is C13H14ClFN4. The molecule has 2 heterocycles. The quantitative estimate of drug-likeness (QED) is 0.918. The van der Waals surface area contributed by atoms with Crippen LogP contribution in [-0.2, 0) is 6.42 Å². The molecule has 0 spiro atoms. The van der Waals surface area contributed by atoms with Crippen LogP contribution in [0.1, 0.15) is 5.56 Å². The molecule has 100 valence electrons. The highest BCUT2D eigenvalue weighted by molar-refractivity contribution is 5.85. The highest BCUT2D eigenvalue weighted by Crippen LogP contribution is 2.32. The van der Waals surface area contributed by atoms with E-state index >= 15 is 0 Å². The van der Waals surface area contributed by atoms with Crippen LogP contribution in [0, 0.1) is 5.82 Å². The van der Waals surface area contributed by atoms with Crippen molar-refractivity contribution in [2.24, 2.45) is 0 Å². The second-order valence-corrected chi connectivity index (χ2v) is 4.15. The first-order valence-electron chi connectivity index (χ1n) is 5.85. The zero-order valence-electron chi connectivity index (χ0n) is 10.4. The van der Waals surface area contributed by atoms with Crippen LogP contribution in [0.4, 0.5) is 21.8 Å². The molecule has 0 aliphatic carbocycles. The number of aromatic nitrogens is 2. The van der Waals surface area contributed by atoms with E-state index in [1.165, 1.54) is 11.8 Å². The summed E-state index contributed by atoms with van der Waals surface area (Å²) in [6.45, 7) is 0.828. The maximum Gasteiger partial charge on any atom is 0.232 e. The molecule has 1 aliphatic heterocycles. The van der Waals surface area contributed by atoms with Crippen LogP contribution in [-0.4, -0.2) is 23.6 Å². The van der Waals surface area contributed by atoms with Gasteiger partial charge in [-0.3, -0.25) is 0 Å². The number of benzene rings is 1. The Hall–Kier alpha value is -1.88. The highest BCUT2D eigenvalue weighted by atomic mass is 35.5. The smallest absolute Gasteiger partial charge is 0.232 e. The van der Waals surface area contributed by atoms with Gasteiger partial charge in [0.2, 0.25) is 5.95 Å². The Bertz CT molecular complexity index is 591. The van der Waals surface area contributed by atoms with Crippen molar-refractivity contribution in [3.05, 3.63) is 41.8 Å². The zero-order chi connectivity index (χ0) is 12.5. The van der Waals surface area contributed by atoms with Gasteiger partial charge in [0.1, 0.15) is 0 Å². The summed E-state index contributed by atoms with van der Waals surface area (Å²) in [6.07, 6.45) is 2.17. The summed E-state index contributed by atoms with van der Waals surface area (Å²) in [5.74, 6) is 0.323. The van der Waals surface area contributed by atoms with Crippen molar-refractivity contribution < 1.29 is 4.39 Å². The Morgan fingerprint density at radius 2 is 2.11 bits per heavy atom. The highest BCUT2D eigenvalue weighted by Gasteiger charge is 2.22. The van der Waals surface area contributed by atoms with Crippen molar-refractivity contribution in [1.82, 2.24) is 9.97 Å². The molecule has 0 atom stereocenters. The third kappa shape index (κ3) is 2.33. The predicted octanol–water partition coefficient (Wildman–Crippen LogP) is 2.77. The Morgan fingerprint density at radius 1 is 1.32 bits per heavy atom. The minimum absolute atomic E-state index is 0. The van der Waals surface area contributed by atoms with Gasteiger partial charge in [-0.25, -0.2) is 9.37 Å². The molecule has 0 bridgehead atoms. The van der Waals surface area contributed by atoms with Crippen LogP contribution < -0.4 is 10.2 Å². The van der Waals surface area contributed by atoms with Gasteiger partial charge in [0.05, 0.1) is 6.20 Å². The lowest BCUT2D eigenvalue weighted by Gasteiger charge is -2.17. The fraction of sp³-hybridized carbons (Fsp3) is 0.231. The van der Waals surface area contributed by atoms with Crippen molar-refractivity contribution in [2.45, 2.75) is 6.42 Å². The number of nitrogens with zero attached hydrogens (tertiary/aromatic N) is 3. The number of rotatable bonds is 2. The molecule has 3 rings (SSSR count). The van der Waals surface area contributed by atoms with E-state index in [0.717, 1.165) is 18.7 Å². The second-order valence-electron chi connectivity index (χ2n) is 4.15. The van der Waals surface area contributed by atoms with Crippen LogP contribution in [0.2, 0.25) is 0 Å². The summed E-state index contributed by atoms with van der Waals surface area (Å²) in [7, 11) is 1.65. The lowest BCUT2D eigenvalue weighted by atomic mass is 10.2. The fourth-order valence-corrected chi connectivity index (χ4v) is 2.21. The van der Waals surface area contributed by atoms with Gasteiger partial charge in [-0.1, -0.05) is 18.2 Å². The first-order chi connectivity index (χ1) is 8.79. The molecule has 1 N–H and O–H groups in total. The first kappa shape index (κ1) is 13.5. The van der Waals surface area contributed by atoms with Crippen LogP contribution in [0.3, 0.4) is 0 Å². The van der Waals surface area contributed by atoms with E-state index in [1.54, 1.807) is 7.05 Å². The maximum atomic E-state index is 13.3. The normalized spacial score (nSPS) is 12.8. The van der Waals surface area contributed by atoms with Crippen LogP contribution in [0.15, 0.2) is 30.5 Å². The van der Waals surface area contributed by atoms with E-state index < -0.39 is 5.82 Å².